The molecule has 0 aliphatic rings. The molecule has 0 aliphatic heterocycles. The van der Waals surface area contributed by atoms with Gasteiger partial charge in [0.25, 0.3) is 0 Å². The second-order valence-corrected chi connectivity index (χ2v) is 7.10. The van der Waals surface area contributed by atoms with Crippen LogP contribution in [0.4, 0.5) is 0 Å². The maximum atomic E-state index is 10.8. The summed E-state index contributed by atoms with van der Waals surface area (Å²) < 4.78 is 5.52. The molecule has 0 unspecified atom stereocenters. The number of carbonyl (C=O) groups is 1. The van der Waals surface area contributed by atoms with E-state index in [-0.39, 0.29) is 0 Å². The summed E-state index contributed by atoms with van der Waals surface area (Å²) in [4.78, 5) is 15.6. The van der Waals surface area contributed by atoms with Crippen molar-refractivity contribution in [3.05, 3.63) is 76.9 Å². The van der Waals surface area contributed by atoms with E-state index < -0.39 is 0 Å². The smallest absolute Gasteiger partial charge is 0.185 e. The van der Waals surface area contributed by atoms with Gasteiger partial charge >= 0.3 is 0 Å². The van der Waals surface area contributed by atoms with E-state index in [9.17, 15) is 4.79 Å². The summed E-state index contributed by atoms with van der Waals surface area (Å²) in [6.07, 6.45) is 0.712. The first-order valence-electron chi connectivity index (χ1n) is 8.33. The van der Waals surface area contributed by atoms with Crippen LogP contribution in [-0.2, 0) is 0 Å². The molecule has 0 amide bonds. The zero-order valence-corrected chi connectivity index (χ0v) is 15.3. The van der Waals surface area contributed by atoms with Crippen LogP contribution >= 0.6 is 11.3 Å². The standard InChI is InChI=1S/C22H17NO2S/c1-14-6-7-16(10-15(14)2)20-13-26-22(23-20)18-5-3-4-17(11-18)21-9-8-19(12-24)25-21/h3-13H,1-2H3. The molecule has 0 saturated carbocycles. The topological polar surface area (TPSA) is 43.1 Å². The summed E-state index contributed by atoms with van der Waals surface area (Å²) in [5.41, 5.74) is 6.63. The number of benzene rings is 2. The fourth-order valence-electron chi connectivity index (χ4n) is 2.82. The molecule has 0 fully saturated rings. The summed E-state index contributed by atoms with van der Waals surface area (Å²) in [5, 5.41) is 3.05. The molecule has 0 atom stereocenters. The monoisotopic (exact) mass is 359 g/mol. The first-order chi connectivity index (χ1) is 12.6. The van der Waals surface area contributed by atoms with Gasteiger partial charge in [0.2, 0.25) is 0 Å². The third kappa shape index (κ3) is 3.11. The number of furan rings is 1. The normalized spacial score (nSPS) is 10.8. The second kappa shape index (κ2) is 6.73. The van der Waals surface area contributed by atoms with Gasteiger partial charge in [-0.15, -0.1) is 11.3 Å². The van der Waals surface area contributed by atoms with Crippen molar-refractivity contribution in [3.63, 3.8) is 0 Å². The van der Waals surface area contributed by atoms with Crippen LogP contribution in [0.15, 0.2) is 64.4 Å². The number of nitrogens with zero attached hydrogens (tertiary/aromatic N) is 1. The number of hydrogen-bond donors (Lipinski definition) is 0. The first-order valence-corrected chi connectivity index (χ1v) is 9.21. The molecule has 0 saturated heterocycles. The molecule has 2 heterocycles. The van der Waals surface area contributed by atoms with Crippen LogP contribution in [0, 0.1) is 13.8 Å². The van der Waals surface area contributed by atoms with E-state index in [1.807, 2.05) is 30.3 Å². The lowest BCUT2D eigenvalue weighted by Gasteiger charge is -2.03. The molecular weight excluding hydrogens is 342 g/mol. The Hall–Kier alpha value is -2.98. The van der Waals surface area contributed by atoms with E-state index in [4.69, 9.17) is 9.40 Å². The molecule has 4 aromatic rings. The molecule has 0 spiro atoms. The minimum absolute atomic E-state index is 0.330. The third-order valence-electron chi connectivity index (χ3n) is 4.44. The van der Waals surface area contributed by atoms with Gasteiger partial charge in [-0.05, 0) is 49.2 Å². The number of hydrogen-bond acceptors (Lipinski definition) is 4. The summed E-state index contributed by atoms with van der Waals surface area (Å²) >= 11 is 1.62. The van der Waals surface area contributed by atoms with Gasteiger partial charge in [0.1, 0.15) is 10.8 Å². The van der Waals surface area contributed by atoms with Crippen LogP contribution in [0.1, 0.15) is 21.7 Å². The Morgan fingerprint density at radius 2 is 1.77 bits per heavy atom. The predicted octanol–water partition coefficient (Wildman–Crippen LogP) is 6.17. The van der Waals surface area contributed by atoms with Crippen LogP contribution in [0.3, 0.4) is 0 Å². The predicted molar refractivity (Wildman–Crippen MR) is 106 cm³/mol. The molecule has 0 N–H and O–H groups in total. The van der Waals surface area contributed by atoms with E-state index in [1.54, 1.807) is 17.4 Å². The third-order valence-corrected chi connectivity index (χ3v) is 5.34. The highest BCUT2D eigenvalue weighted by atomic mass is 32.1. The molecular formula is C22H17NO2S. The fraction of sp³-hybridized carbons (Fsp3) is 0.0909. The molecule has 0 radical (unpaired) electrons. The number of aldehydes is 1. The summed E-state index contributed by atoms with van der Waals surface area (Å²) in [5.74, 6) is 1.01. The van der Waals surface area contributed by atoms with Gasteiger partial charge in [0.15, 0.2) is 12.0 Å². The van der Waals surface area contributed by atoms with E-state index >= 15 is 0 Å². The average Bonchev–Trinajstić information content (AvgIpc) is 3.34. The lowest BCUT2D eigenvalue weighted by Crippen LogP contribution is -1.84. The van der Waals surface area contributed by atoms with Gasteiger partial charge in [-0.3, -0.25) is 4.79 Å². The van der Waals surface area contributed by atoms with Gasteiger partial charge in [-0.2, -0.15) is 0 Å². The molecule has 128 valence electrons. The Bertz CT molecular complexity index is 1090. The Morgan fingerprint density at radius 3 is 2.54 bits per heavy atom. The van der Waals surface area contributed by atoms with E-state index in [1.165, 1.54) is 11.1 Å². The van der Waals surface area contributed by atoms with Crippen molar-refractivity contribution in [1.82, 2.24) is 4.98 Å². The minimum atomic E-state index is 0.330. The summed E-state index contributed by atoms with van der Waals surface area (Å²) in [6.45, 7) is 4.23. The number of aromatic nitrogens is 1. The highest BCUT2D eigenvalue weighted by molar-refractivity contribution is 7.13. The van der Waals surface area contributed by atoms with Crippen molar-refractivity contribution in [3.8, 4) is 33.2 Å². The molecule has 2 aromatic carbocycles. The maximum Gasteiger partial charge on any atom is 0.185 e. The van der Waals surface area contributed by atoms with Crippen molar-refractivity contribution in [2.24, 2.45) is 0 Å². The van der Waals surface area contributed by atoms with Gasteiger partial charge in [0.05, 0.1) is 5.69 Å². The van der Waals surface area contributed by atoms with Crippen LogP contribution in [0.5, 0.6) is 0 Å². The van der Waals surface area contributed by atoms with Crippen molar-refractivity contribution in [1.29, 1.82) is 0 Å². The highest BCUT2D eigenvalue weighted by Gasteiger charge is 2.10. The van der Waals surface area contributed by atoms with E-state index in [0.29, 0.717) is 17.8 Å². The average molecular weight is 359 g/mol. The molecule has 4 rings (SSSR count). The van der Waals surface area contributed by atoms with Crippen LogP contribution in [0.2, 0.25) is 0 Å². The molecule has 0 aliphatic carbocycles. The Labute approximate surface area is 156 Å². The fourth-order valence-corrected chi connectivity index (χ4v) is 3.64. The lowest BCUT2D eigenvalue weighted by atomic mass is 10.0. The zero-order chi connectivity index (χ0) is 18.1. The highest BCUT2D eigenvalue weighted by Crippen LogP contribution is 2.32. The van der Waals surface area contributed by atoms with Crippen LogP contribution in [0.25, 0.3) is 33.2 Å². The Kier molecular flexibility index (Phi) is 4.27. The molecule has 4 heteroatoms. The SMILES string of the molecule is Cc1ccc(-c2csc(-c3cccc(-c4ccc(C=O)o4)c3)n2)cc1C. The van der Waals surface area contributed by atoms with Gasteiger partial charge in [-0.1, -0.05) is 30.3 Å². The first kappa shape index (κ1) is 16.5. The van der Waals surface area contributed by atoms with Gasteiger partial charge in [-0.25, -0.2) is 4.98 Å². The zero-order valence-electron chi connectivity index (χ0n) is 14.5. The Morgan fingerprint density at radius 1 is 0.923 bits per heavy atom. The van der Waals surface area contributed by atoms with Crippen molar-refractivity contribution < 1.29 is 9.21 Å². The maximum absolute atomic E-state index is 10.8. The Balaban J connectivity index is 1.68. The molecule has 2 aromatic heterocycles. The number of rotatable bonds is 4. The molecule has 26 heavy (non-hydrogen) atoms. The quantitative estimate of drug-likeness (QED) is 0.409. The summed E-state index contributed by atoms with van der Waals surface area (Å²) in [7, 11) is 0. The second-order valence-electron chi connectivity index (χ2n) is 6.24. The number of aryl methyl sites for hydroxylation is 2. The lowest BCUT2D eigenvalue weighted by molar-refractivity contribution is 0.110. The van der Waals surface area contributed by atoms with Crippen LogP contribution < -0.4 is 0 Å². The number of carbonyl (C=O) groups excluding carboxylic acids is 1. The van der Waals surface area contributed by atoms with Crippen molar-refractivity contribution in [2.45, 2.75) is 13.8 Å². The van der Waals surface area contributed by atoms with Crippen molar-refractivity contribution >= 4 is 17.6 Å². The van der Waals surface area contributed by atoms with Crippen molar-refractivity contribution in [2.75, 3.05) is 0 Å². The van der Waals surface area contributed by atoms with Gasteiger partial charge in [0, 0.05) is 22.1 Å². The van der Waals surface area contributed by atoms with Gasteiger partial charge < -0.3 is 4.42 Å². The molecule has 0 bridgehead atoms. The number of thiazole rings is 1. The van der Waals surface area contributed by atoms with Crippen LogP contribution in [-0.4, -0.2) is 11.3 Å². The summed E-state index contributed by atoms with van der Waals surface area (Å²) in [6, 6.07) is 17.9. The minimum Gasteiger partial charge on any atom is -0.453 e. The van der Waals surface area contributed by atoms with E-state index in [0.717, 1.165) is 27.4 Å². The van der Waals surface area contributed by atoms with E-state index in [2.05, 4.69) is 37.4 Å². The largest absolute Gasteiger partial charge is 0.453 e. The molecule has 3 nitrogen and oxygen atoms in total.